The van der Waals surface area contributed by atoms with Crippen molar-refractivity contribution in [3.8, 4) is 17.1 Å². The van der Waals surface area contributed by atoms with Crippen LogP contribution in [0.4, 0.5) is 0 Å². The monoisotopic (exact) mass is 259 g/mol. The van der Waals surface area contributed by atoms with E-state index in [4.69, 9.17) is 4.74 Å². The first-order valence-electron chi connectivity index (χ1n) is 6.98. The van der Waals surface area contributed by atoms with Gasteiger partial charge in [-0.25, -0.2) is 4.98 Å². The minimum atomic E-state index is 0.753. The topological polar surface area (TPSA) is 50.8 Å². The zero-order valence-electron chi connectivity index (χ0n) is 11.6. The predicted octanol–water partition coefficient (Wildman–Crippen LogP) is 3.60. The van der Waals surface area contributed by atoms with Crippen LogP contribution in [0.3, 0.4) is 0 Å². The molecule has 0 bridgehead atoms. The maximum Gasteiger partial charge on any atom is 0.181 e. The summed E-state index contributed by atoms with van der Waals surface area (Å²) in [5.41, 5.74) is 1.02. The number of nitrogens with zero attached hydrogens (tertiary/aromatic N) is 2. The third-order valence-corrected chi connectivity index (χ3v) is 2.90. The second-order valence-corrected chi connectivity index (χ2v) is 4.58. The van der Waals surface area contributed by atoms with Gasteiger partial charge < -0.3 is 4.74 Å². The summed E-state index contributed by atoms with van der Waals surface area (Å²) < 4.78 is 5.63. The molecule has 102 valence electrons. The maximum atomic E-state index is 5.63. The average molecular weight is 259 g/mol. The normalized spacial score (nSPS) is 10.6. The van der Waals surface area contributed by atoms with E-state index in [9.17, 15) is 0 Å². The van der Waals surface area contributed by atoms with Crippen LogP contribution in [0.2, 0.25) is 0 Å². The molecule has 4 heteroatoms. The number of benzene rings is 1. The van der Waals surface area contributed by atoms with Gasteiger partial charge in [0.15, 0.2) is 5.82 Å². The molecule has 0 aliphatic rings. The van der Waals surface area contributed by atoms with Crippen molar-refractivity contribution >= 4 is 0 Å². The van der Waals surface area contributed by atoms with Crippen molar-refractivity contribution < 1.29 is 4.74 Å². The molecule has 4 nitrogen and oxygen atoms in total. The number of aromatic nitrogens is 3. The van der Waals surface area contributed by atoms with Gasteiger partial charge in [-0.2, -0.15) is 5.10 Å². The van der Waals surface area contributed by atoms with Crippen molar-refractivity contribution in [1.29, 1.82) is 0 Å². The van der Waals surface area contributed by atoms with Crippen molar-refractivity contribution in [1.82, 2.24) is 15.2 Å². The quantitative estimate of drug-likeness (QED) is 0.773. The highest BCUT2D eigenvalue weighted by atomic mass is 16.5. The van der Waals surface area contributed by atoms with Crippen LogP contribution in [-0.2, 0) is 6.42 Å². The molecule has 1 N–H and O–H groups in total. The minimum Gasteiger partial charge on any atom is -0.494 e. The number of hydrogen-bond acceptors (Lipinski definition) is 3. The molecular formula is C15H21N3O. The fraction of sp³-hybridized carbons (Fsp3) is 0.467. The van der Waals surface area contributed by atoms with Crippen LogP contribution >= 0.6 is 0 Å². The van der Waals surface area contributed by atoms with E-state index in [0.29, 0.717) is 0 Å². The summed E-state index contributed by atoms with van der Waals surface area (Å²) in [4.78, 5) is 4.47. The van der Waals surface area contributed by atoms with Gasteiger partial charge in [0.25, 0.3) is 0 Å². The van der Waals surface area contributed by atoms with Gasteiger partial charge in [-0.05, 0) is 37.1 Å². The van der Waals surface area contributed by atoms with Crippen molar-refractivity contribution in [2.75, 3.05) is 6.61 Å². The molecule has 0 aliphatic carbocycles. The summed E-state index contributed by atoms with van der Waals surface area (Å²) >= 11 is 0. The van der Waals surface area contributed by atoms with E-state index in [1.165, 1.54) is 0 Å². The highest BCUT2D eigenvalue weighted by Crippen LogP contribution is 2.19. The minimum absolute atomic E-state index is 0.753. The van der Waals surface area contributed by atoms with Gasteiger partial charge in [-0.3, -0.25) is 5.10 Å². The Morgan fingerprint density at radius 3 is 2.58 bits per heavy atom. The van der Waals surface area contributed by atoms with E-state index in [1.807, 2.05) is 24.3 Å². The number of H-pyrrole nitrogens is 1. The molecule has 0 atom stereocenters. The molecule has 19 heavy (non-hydrogen) atoms. The van der Waals surface area contributed by atoms with Crippen molar-refractivity contribution in [2.24, 2.45) is 0 Å². The zero-order chi connectivity index (χ0) is 13.5. The highest BCUT2D eigenvalue weighted by molar-refractivity contribution is 5.55. The largest absolute Gasteiger partial charge is 0.494 e. The smallest absolute Gasteiger partial charge is 0.181 e. The first-order valence-corrected chi connectivity index (χ1v) is 6.98. The van der Waals surface area contributed by atoms with Crippen LogP contribution in [-0.4, -0.2) is 21.8 Å². The molecule has 1 heterocycles. The lowest BCUT2D eigenvalue weighted by molar-refractivity contribution is 0.309. The molecule has 1 aromatic heterocycles. The number of hydrogen-bond donors (Lipinski definition) is 1. The van der Waals surface area contributed by atoms with E-state index in [-0.39, 0.29) is 0 Å². The van der Waals surface area contributed by atoms with E-state index in [1.54, 1.807) is 0 Å². The molecule has 2 aromatic rings. The van der Waals surface area contributed by atoms with Gasteiger partial charge in [-0.15, -0.1) is 0 Å². The van der Waals surface area contributed by atoms with E-state index < -0.39 is 0 Å². The lowest BCUT2D eigenvalue weighted by Gasteiger charge is -2.05. The van der Waals surface area contributed by atoms with Crippen LogP contribution in [0, 0.1) is 0 Å². The molecule has 0 spiro atoms. The van der Waals surface area contributed by atoms with Gasteiger partial charge in [0.05, 0.1) is 6.61 Å². The molecule has 0 fully saturated rings. The Labute approximate surface area is 114 Å². The Kier molecular flexibility index (Phi) is 4.95. The summed E-state index contributed by atoms with van der Waals surface area (Å²) in [5.74, 6) is 2.60. The van der Waals surface area contributed by atoms with Gasteiger partial charge >= 0.3 is 0 Å². The number of aromatic amines is 1. The van der Waals surface area contributed by atoms with Crippen LogP contribution in [0.15, 0.2) is 24.3 Å². The Hall–Kier alpha value is -1.84. The fourth-order valence-corrected chi connectivity index (χ4v) is 1.81. The Bertz CT molecular complexity index is 490. The first-order chi connectivity index (χ1) is 9.33. The predicted molar refractivity (Wildman–Crippen MR) is 76.2 cm³/mol. The second kappa shape index (κ2) is 6.92. The van der Waals surface area contributed by atoms with Crippen LogP contribution in [0.1, 0.15) is 38.9 Å². The van der Waals surface area contributed by atoms with E-state index in [2.05, 4.69) is 29.0 Å². The van der Waals surface area contributed by atoms with Crippen LogP contribution in [0.25, 0.3) is 11.4 Å². The molecule has 1 aromatic carbocycles. The number of aryl methyl sites for hydroxylation is 1. The van der Waals surface area contributed by atoms with Gasteiger partial charge in [0.1, 0.15) is 11.6 Å². The summed E-state index contributed by atoms with van der Waals surface area (Å²) in [6.45, 7) is 5.06. The molecule has 0 amide bonds. The molecule has 0 saturated carbocycles. The van der Waals surface area contributed by atoms with Crippen LogP contribution < -0.4 is 4.74 Å². The standard InChI is InChI=1S/C15H21N3O/c1-3-5-11-19-13-9-7-12(8-10-13)15-16-14(6-4-2)17-18-15/h7-10H,3-6,11H2,1-2H3,(H,16,17,18). The Morgan fingerprint density at radius 1 is 1.11 bits per heavy atom. The third-order valence-electron chi connectivity index (χ3n) is 2.90. The lowest BCUT2D eigenvalue weighted by Crippen LogP contribution is -1.96. The summed E-state index contributed by atoms with van der Waals surface area (Å²) in [7, 11) is 0. The Morgan fingerprint density at radius 2 is 1.89 bits per heavy atom. The second-order valence-electron chi connectivity index (χ2n) is 4.58. The third kappa shape index (κ3) is 3.81. The summed E-state index contributed by atoms with van der Waals surface area (Å²) in [6.07, 6.45) is 4.24. The fourth-order valence-electron chi connectivity index (χ4n) is 1.81. The summed E-state index contributed by atoms with van der Waals surface area (Å²) in [6, 6.07) is 7.95. The van der Waals surface area contributed by atoms with E-state index in [0.717, 1.165) is 55.3 Å². The summed E-state index contributed by atoms with van der Waals surface area (Å²) in [5, 5.41) is 7.20. The Balaban J connectivity index is 2.00. The van der Waals surface area contributed by atoms with E-state index >= 15 is 0 Å². The molecule has 0 saturated heterocycles. The number of unbranched alkanes of at least 4 members (excludes halogenated alkanes) is 1. The zero-order valence-corrected chi connectivity index (χ0v) is 11.6. The van der Waals surface area contributed by atoms with Gasteiger partial charge in [0.2, 0.25) is 0 Å². The average Bonchev–Trinajstić information content (AvgIpc) is 2.89. The number of rotatable bonds is 7. The van der Waals surface area contributed by atoms with Gasteiger partial charge in [0, 0.05) is 12.0 Å². The van der Waals surface area contributed by atoms with Crippen molar-refractivity contribution in [3.05, 3.63) is 30.1 Å². The SMILES string of the molecule is CCCCOc1ccc(-c2n[nH]c(CCC)n2)cc1. The molecule has 0 unspecified atom stereocenters. The van der Waals surface area contributed by atoms with Crippen LogP contribution in [0.5, 0.6) is 5.75 Å². The molecule has 2 rings (SSSR count). The van der Waals surface area contributed by atoms with Gasteiger partial charge in [-0.1, -0.05) is 20.3 Å². The maximum absolute atomic E-state index is 5.63. The van der Waals surface area contributed by atoms with Crippen molar-refractivity contribution in [3.63, 3.8) is 0 Å². The first kappa shape index (κ1) is 13.6. The molecular weight excluding hydrogens is 238 g/mol. The molecule has 0 aliphatic heterocycles. The highest BCUT2D eigenvalue weighted by Gasteiger charge is 2.05. The number of nitrogens with one attached hydrogen (secondary N) is 1. The van der Waals surface area contributed by atoms with Crippen molar-refractivity contribution in [2.45, 2.75) is 39.5 Å². The molecule has 0 radical (unpaired) electrons. The number of ether oxygens (including phenoxy) is 1. The lowest BCUT2D eigenvalue weighted by atomic mass is 10.2.